The van der Waals surface area contributed by atoms with Gasteiger partial charge in [-0.15, -0.1) is 11.3 Å². The molecule has 0 atom stereocenters. The van der Waals surface area contributed by atoms with E-state index in [0.29, 0.717) is 26.5 Å². The van der Waals surface area contributed by atoms with Crippen LogP contribution in [0, 0.1) is 0 Å². The predicted molar refractivity (Wildman–Crippen MR) is 106 cm³/mol. The lowest BCUT2D eigenvalue weighted by atomic mass is 10.2. The van der Waals surface area contributed by atoms with Crippen LogP contribution in [-0.2, 0) is 0 Å². The van der Waals surface area contributed by atoms with Crippen molar-refractivity contribution in [1.82, 2.24) is 19.7 Å². The summed E-state index contributed by atoms with van der Waals surface area (Å²) in [5, 5.41) is 10.2. The molecule has 0 saturated heterocycles. The van der Waals surface area contributed by atoms with Crippen LogP contribution in [0.25, 0.3) is 5.82 Å². The molecule has 0 unspecified atom stereocenters. The number of halogens is 1. The first kappa shape index (κ1) is 17.2. The Balaban J connectivity index is 1.44. The van der Waals surface area contributed by atoms with Crippen LogP contribution in [0.15, 0.2) is 67.3 Å². The average Bonchev–Trinajstić information content (AvgIpc) is 3.35. The van der Waals surface area contributed by atoms with E-state index in [1.807, 2.05) is 36.5 Å². The van der Waals surface area contributed by atoms with Gasteiger partial charge in [-0.3, -0.25) is 4.79 Å². The fraction of sp³-hybridized carbons (Fsp3) is 0. The van der Waals surface area contributed by atoms with E-state index in [9.17, 15) is 4.79 Å². The van der Waals surface area contributed by atoms with Gasteiger partial charge in [-0.25, -0.2) is 14.6 Å². The van der Waals surface area contributed by atoms with Crippen LogP contribution in [0.4, 0.5) is 17.2 Å². The van der Waals surface area contributed by atoms with Gasteiger partial charge in [0.1, 0.15) is 12.1 Å². The first-order valence-electron chi connectivity index (χ1n) is 7.93. The Morgan fingerprint density at radius 3 is 2.59 bits per heavy atom. The third kappa shape index (κ3) is 4.13. The number of benzene rings is 1. The molecule has 0 aliphatic carbocycles. The van der Waals surface area contributed by atoms with E-state index in [1.54, 1.807) is 29.1 Å². The third-order valence-corrected chi connectivity index (χ3v) is 4.83. The van der Waals surface area contributed by atoms with Crippen LogP contribution in [0.2, 0.25) is 4.34 Å². The second-order valence-corrected chi connectivity index (χ2v) is 7.19. The van der Waals surface area contributed by atoms with E-state index in [1.165, 1.54) is 17.7 Å². The van der Waals surface area contributed by atoms with Gasteiger partial charge in [0.25, 0.3) is 5.91 Å². The van der Waals surface area contributed by atoms with Crippen LogP contribution in [0.1, 0.15) is 9.67 Å². The molecule has 0 saturated carbocycles. The van der Waals surface area contributed by atoms with Gasteiger partial charge in [-0.1, -0.05) is 11.6 Å². The molecule has 3 heterocycles. The van der Waals surface area contributed by atoms with Gasteiger partial charge in [0.2, 0.25) is 0 Å². The SMILES string of the molecule is O=C(Nc1ccc(Nc2cc(-n3cccn3)ncn2)cc1)c1ccc(Cl)s1. The molecule has 0 radical (unpaired) electrons. The molecule has 4 rings (SSSR count). The largest absolute Gasteiger partial charge is 0.340 e. The molecule has 1 aromatic carbocycles. The Labute approximate surface area is 163 Å². The summed E-state index contributed by atoms with van der Waals surface area (Å²) in [6.45, 7) is 0. The van der Waals surface area contributed by atoms with E-state index in [-0.39, 0.29) is 5.91 Å². The van der Waals surface area contributed by atoms with Crippen molar-refractivity contribution in [2.45, 2.75) is 0 Å². The fourth-order valence-electron chi connectivity index (χ4n) is 2.36. The topological polar surface area (TPSA) is 84.7 Å². The lowest BCUT2D eigenvalue weighted by Gasteiger charge is -2.08. The summed E-state index contributed by atoms with van der Waals surface area (Å²) in [7, 11) is 0. The standard InChI is InChI=1S/C18H13ClN6OS/c19-15-7-6-14(27-15)18(26)24-13-4-2-12(3-5-13)23-16-10-17(21-11-20-16)25-9-1-8-22-25/h1-11H,(H,24,26)(H,20,21,23). The number of aromatic nitrogens is 4. The predicted octanol–water partition coefficient (Wildman–Crippen LogP) is 4.37. The van der Waals surface area contributed by atoms with Crippen molar-refractivity contribution in [3.63, 3.8) is 0 Å². The highest BCUT2D eigenvalue weighted by atomic mass is 35.5. The zero-order chi connectivity index (χ0) is 18.6. The maximum atomic E-state index is 12.2. The summed E-state index contributed by atoms with van der Waals surface area (Å²) in [4.78, 5) is 21.1. The van der Waals surface area contributed by atoms with Gasteiger partial charge in [0.05, 0.1) is 9.21 Å². The zero-order valence-corrected chi connectivity index (χ0v) is 15.4. The Hall–Kier alpha value is -3.23. The van der Waals surface area contributed by atoms with Gasteiger partial charge in [0, 0.05) is 29.8 Å². The normalized spacial score (nSPS) is 10.6. The number of carbonyl (C=O) groups is 1. The van der Waals surface area contributed by atoms with E-state index >= 15 is 0 Å². The molecular weight excluding hydrogens is 384 g/mol. The maximum Gasteiger partial charge on any atom is 0.265 e. The van der Waals surface area contributed by atoms with Crippen molar-refractivity contribution in [2.24, 2.45) is 0 Å². The van der Waals surface area contributed by atoms with Crippen LogP contribution in [0.3, 0.4) is 0 Å². The van der Waals surface area contributed by atoms with Crippen molar-refractivity contribution >= 4 is 46.0 Å². The van der Waals surface area contributed by atoms with E-state index in [4.69, 9.17) is 11.6 Å². The van der Waals surface area contributed by atoms with Gasteiger partial charge in [-0.2, -0.15) is 5.10 Å². The number of nitrogens with one attached hydrogen (secondary N) is 2. The minimum absolute atomic E-state index is 0.188. The van der Waals surface area contributed by atoms with Crippen molar-refractivity contribution in [1.29, 1.82) is 0 Å². The monoisotopic (exact) mass is 396 g/mol. The first-order chi connectivity index (χ1) is 13.2. The molecule has 1 amide bonds. The Bertz CT molecular complexity index is 1060. The molecule has 7 nitrogen and oxygen atoms in total. The quantitative estimate of drug-likeness (QED) is 0.523. The smallest absolute Gasteiger partial charge is 0.265 e. The van der Waals surface area contributed by atoms with Crippen LogP contribution in [-0.4, -0.2) is 25.7 Å². The number of nitrogens with zero attached hydrogens (tertiary/aromatic N) is 4. The number of amides is 1. The lowest BCUT2D eigenvalue weighted by Crippen LogP contribution is -2.09. The van der Waals surface area contributed by atoms with Gasteiger partial charge in [0.15, 0.2) is 5.82 Å². The highest BCUT2D eigenvalue weighted by Gasteiger charge is 2.09. The molecule has 0 aliphatic heterocycles. The molecule has 0 aliphatic rings. The molecule has 0 fully saturated rings. The Morgan fingerprint density at radius 1 is 1.07 bits per heavy atom. The fourth-order valence-corrected chi connectivity index (χ4v) is 3.30. The molecular formula is C18H13ClN6OS. The molecule has 27 heavy (non-hydrogen) atoms. The molecule has 134 valence electrons. The number of rotatable bonds is 5. The molecule has 0 spiro atoms. The highest BCUT2D eigenvalue weighted by Crippen LogP contribution is 2.23. The van der Waals surface area contributed by atoms with Crippen LogP contribution in [0.5, 0.6) is 0 Å². The second kappa shape index (κ2) is 7.56. The summed E-state index contributed by atoms with van der Waals surface area (Å²) < 4.78 is 2.24. The van der Waals surface area contributed by atoms with E-state index < -0.39 is 0 Å². The number of anilines is 3. The zero-order valence-electron chi connectivity index (χ0n) is 13.8. The van der Waals surface area contributed by atoms with Crippen molar-refractivity contribution in [3.05, 3.63) is 76.5 Å². The third-order valence-electron chi connectivity index (χ3n) is 3.60. The molecule has 3 aromatic heterocycles. The van der Waals surface area contributed by atoms with Crippen molar-refractivity contribution in [2.75, 3.05) is 10.6 Å². The van der Waals surface area contributed by atoms with Gasteiger partial charge < -0.3 is 10.6 Å². The summed E-state index contributed by atoms with van der Waals surface area (Å²) in [6.07, 6.45) is 4.97. The minimum Gasteiger partial charge on any atom is -0.340 e. The molecule has 2 N–H and O–H groups in total. The number of hydrogen-bond donors (Lipinski definition) is 2. The second-order valence-electron chi connectivity index (χ2n) is 5.47. The van der Waals surface area contributed by atoms with Gasteiger partial charge >= 0.3 is 0 Å². The summed E-state index contributed by atoms with van der Waals surface area (Å²) in [5.41, 5.74) is 1.52. The van der Waals surface area contributed by atoms with E-state index in [2.05, 4.69) is 25.7 Å². The van der Waals surface area contributed by atoms with Crippen molar-refractivity contribution in [3.8, 4) is 5.82 Å². The lowest BCUT2D eigenvalue weighted by molar-refractivity contribution is 0.103. The maximum absolute atomic E-state index is 12.2. The summed E-state index contributed by atoms with van der Waals surface area (Å²) >= 11 is 7.10. The summed E-state index contributed by atoms with van der Waals surface area (Å²) in [5.74, 6) is 1.11. The average molecular weight is 397 g/mol. The van der Waals surface area contributed by atoms with Crippen molar-refractivity contribution < 1.29 is 4.79 Å². The molecule has 4 aromatic rings. The number of thiophene rings is 1. The molecule has 0 bridgehead atoms. The first-order valence-corrected chi connectivity index (χ1v) is 9.13. The van der Waals surface area contributed by atoms with E-state index in [0.717, 1.165) is 5.69 Å². The Kier molecular flexibility index (Phi) is 4.82. The number of hydrogen-bond acceptors (Lipinski definition) is 6. The summed E-state index contributed by atoms with van der Waals surface area (Å²) in [6, 6.07) is 14.4. The molecule has 9 heteroatoms. The number of carbonyl (C=O) groups excluding carboxylic acids is 1. The Morgan fingerprint density at radius 2 is 1.89 bits per heavy atom. The minimum atomic E-state index is -0.188. The van der Waals surface area contributed by atoms with Gasteiger partial charge in [-0.05, 0) is 42.5 Å². The van der Waals surface area contributed by atoms with Crippen LogP contribution < -0.4 is 10.6 Å². The highest BCUT2D eigenvalue weighted by molar-refractivity contribution is 7.18. The van der Waals surface area contributed by atoms with Crippen LogP contribution >= 0.6 is 22.9 Å².